The quantitative estimate of drug-likeness (QED) is 0.345. The molecule has 0 radical (unpaired) electrons. The number of anilines is 1. The van der Waals surface area contributed by atoms with Crippen LogP contribution < -0.4 is 10.1 Å². The Labute approximate surface area is 203 Å². The number of nitrogens with one attached hydrogen (secondary N) is 1. The lowest BCUT2D eigenvalue weighted by Gasteiger charge is -2.21. The van der Waals surface area contributed by atoms with Gasteiger partial charge in [0.15, 0.2) is 11.7 Å². The summed E-state index contributed by atoms with van der Waals surface area (Å²) in [5.74, 6) is 0.173. The first kappa shape index (κ1) is 25.4. The van der Waals surface area contributed by atoms with Crippen molar-refractivity contribution in [2.24, 2.45) is 0 Å². The molecule has 0 bridgehead atoms. The van der Waals surface area contributed by atoms with Gasteiger partial charge in [0.1, 0.15) is 5.75 Å². The highest BCUT2D eigenvalue weighted by molar-refractivity contribution is 7.89. The zero-order chi connectivity index (χ0) is 23.8. The molecule has 0 aliphatic carbocycles. The van der Waals surface area contributed by atoms with Gasteiger partial charge in [-0.2, -0.15) is 4.31 Å². The third kappa shape index (κ3) is 6.89. The Balaban J connectivity index is 1.70. The van der Waals surface area contributed by atoms with E-state index in [2.05, 4.69) is 10.3 Å². The van der Waals surface area contributed by atoms with Crippen LogP contribution in [0.2, 0.25) is 5.02 Å². The number of hydrogen-bond acceptors (Lipinski definition) is 6. The number of amides is 1. The number of benzene rings is 2. The molecule has 1 amide bonds. The zero-order valence-corrected chi connectivity index (χ0v) is 21.1. The van der Waals surface area contributed by atoms with Crippen molar-refractivity contribution in [2.75, 3.05) is 25.0 Å². The largest absolute Gasteiger partial charge is 0.484 e. The SMILES string of the molecule is CCCCN(CCCC)S(=O)(=O)c1ccc2nc(NC(=O)COc3ccc(Cl)cc3)sc2c1. The number of ether oxygens (including phenoxy) is 1. The summed E-state index contributed by atoms with van der Waals surface area (Å²) < 4.78 is 34.2. The van der Waals surface area contributed by atoms with E-state index in [9.17, 15) is 13.2 Å². The molecule has 7 nitrogen and oxygen atoms in total. The van der Waals surface area contributed by atoms with Gasteiger partial charge in [-0.25, -0.2) is 13.4 Å². The smallest absolute Gasteiger partial charge is 0.264 e. The Morgan fingerprint density at radius 3 is 2.39 bits per heavy atom. The van der Waals surface area contributed by atoms with Crippen LogP contribution in [0.3, 0.4) is 0 Å². The number of carbonyl (C=O) groups excluding carboxylic acids is 1. The maximum absolute atomic E-state index is 13.2. The normalized spacial score (nSPS) is 11.8. The Kier molecular flexibility index (Phi) is 9.08. The molecule has 3 rings (SSSR count). The highest BCUT2D eigenvalue weighted by Crippen LogP contribution is 2.29. The van der Waals surface area contributed by atoms with E-state index in [1.807, 2.05) is 13.8 Å². The molecule has 1 heterocycles. The van der Waals surface area contributed by atoms with Crippen LogP contribution >= 0.6 is 22.9 Å². The summed E-state index contributed by atoms with van der Waals surface area (Å²) in [4.78, 5) is 16.9. The number of carbonyl (C=O) groups is 1. The van der Waals surface area contributed by atoms with Crippen molar-refractivity contribution in [3.8, 4) is 5.75 Å². The van der Waals surface area contributed by atoms with E-state index < -0.39 is 10.0 Å². The topological polar surface area (TPSA) is 88.6 Å². The highest BCUT2D eigenvalue weighted by Gasteiger charge is 2.24. The van der Waals surface area contributed by atoms with Gasteiger partial charge in [0.05, 0.1) is 15.1 Å². The number of thiazole rings is 1. The summed E-state index contributed by atoms with van der Waals surface area (Å²) in [5.41, 5.74) is 0.626. The maximum atomic E-state index is 13.2. The predicted molar refractivity (Wildman–Crippen MR) is 134 cm³/mol. The molecule has 0 saturated carbocycles. The van der Waals surface area contributed by atoms with Crippen molar-refractivity contribution in [3.63, 3.8) is 0 Å². The van der Waals surface area contributed by atoms with Gasteiger partial charge in [-0.15, -0.1) is 0 Å². The molecule has 33 heavy (non-hydrogen) atoms. The standard InChI is InChI=1S/C23H28ClN3O4S2/c1-3-5-13-27(14-6-4-2)33(29,30)19-11-12-20-21(15-19)32-23(25-20)26-22(28)16-31-18-9-7-17(24)8-10-18/h7-12,15H,3-6,13-14,16H2,1-2H3,(H,25,26,28). The maximum Gasteiger partial charge on any atom is 0.264 e. The van der Waals surface area contributed by atoms with E-state index in [0.717, 1.165) is 25.7 Å². The van der Waals surface area contributed by atoms with Crippen LogP contribution in [0.1, 0.15) is 39.5 Å². The molecule has 0 atom stereocenters. The van der Waals surface area contributed by atoms with Crippen LogP contribution in [-0.4, -0.2) is 43.3 Å². The fourth-order valence-electron chi connectivity index (χ4n) is 3.12. The Bertz CT molecular complexity index is 1170. The minimum atomic E-state index is -3.60. The van der Waals surface area contributed by atoms with Crippen molar-refractivity contribution in [1.29, 1.82) is 0 Å². The fourth-order valence-corrected chi connectivity index (χ4v) is 5.79. The van der Waals surface area contributed by atoms with Gasteiger partial charge < -0.3 is 4.74 Å². The minimum Gasteiger partial charge on any atom is -0.484 e. The third-order valence-corrected chi connectivity index (χ3v) is 8.03. The first-order chi connectivity index (χ1) is 15.8. The van der Waals surface area contributed by atoms with Crippen molar-refractivity contribution < 1.29 is 17.9 Å². The molecular weight excluding hydrogens is 482 g/mol. The second-order valence-electron chi connectivity index (χ2n) is 7.55. The number of hydrogen-bond donors (Lipinski definition) is 1. The average Bonchev–Trinajstić information content (AvgIpc) is 3.20. The summed E-state index contributed by atoms with van der Waals surface area (Å²) in [6.07, 6.45) is 3.49. The van der Waals surface area contributed by atoms with E-state index in [0.29, 0.717) is 39.2 Å². The van der Waals surface area contributed by atoms with Gasteiger partial charge in [0.2, 0.25) is 10.0 Å². The number of nitrogens with zero attached hydrogens (tertiary/aromatic N) is 2. The molecule has 2 aromatic carbocycles. The van der Waals surface area contributed by atoms with Crippen LogP contribution in [-0.2, 0) is 14.8 Å². The van der Waals surface area contributed by atoms with Crippen LogP contribution in [0.25, 0.3) is 10.2 Å². The van der Waals surface area contributed by atoms with Crippen molar-refractivity contribution in [1.82, 2.24) is 9.29 Å². The van der Waals surface area contributed by atoms with Gasteiger partial charge in [-0.05, 0) is 55.3 Å². The van der Waals surface area contributed by atoms with Crippen LogP contribution in [0, 0.1) is 0 Å². The van der Waals surface area contributed by atoms with Gasteiger partial charge in [0.25, 0.3) is 5.91 Å². The zero-order valence-electron chi connectivity index (χ0n) is 18.7. The molecule has 0 unspecified atom stereocenters. The van der Waals surface area contributed by atoms with E-state index in [1.165, 1.54) is 11.3 Å². The Hall–Kier alpha value is -2.20. The monoisotopic (exact) mass is 509 g/mol. The second-order valence-corrected chi connectivity index (χ2v) is 11.0. The fraction of sp³-hybridized carbons (Fsp3) is 0.391. The molecule has 0 spiro atoms. The third-order valence-electron chi connectivity index (χ3n) is 4.95. The predicted octanol–water partition coefficient (Wildman–Crippen LogP) is 5.56. The Morgan fingerprint density at radius 2 is 1.76 bits per heavy atom. The summed E-state index contributed by atoms with van der Waals surface area (Å²) >= 11 is 7.07. The first-order valence-electron chi connectivity index (χ1n) is 10.9. The highest BCUT2D eigenvalue weighted by atomic mass is 35.5. The lowest BCUT2D eigenvalue weighted by Crippen LogP contribution is -2.33. The first-order valence-corrected chi connectivity index (χ1v) is 13.6. The number of unbranched alkanes of at least 4 members (excludes halogenated alkanes) is 2. The molecule has 0 aliphatic heterocycles. The summed E-state index contributed by atoms with van der Waals surface area (Å²) in [6, 6.07) is 11.6. The minimum absolute atomic E-state index is 0.180. The van der Waals surface area contributed by atoms with Crippen molar-refractivity contribution in [2.45, 2.75) is 44.4 Å². The average molecular weight is 510 g/mol. The summed E-state index contributed by atoms with van der Waals surface area (Å²) in [6.45, 7) is 4.93. The van der Waals surface area contributed by atoms with Crippen LogP contribution in [0.15, 0.2) is 47.4 Å². The molecule has 0 saturated heterocycles. The molecule has 178 valence electrons. The molecular formula is C23H28ClN3O4S2. The van der Waals surface area contributed by atoms with Crippen molar-refractivity contribution in [3.05, 3.63) is 47.5 Å². The van der Waals surface area contributed by atoms with E-state index >= 15 is 0 Å². The number of aromatic nitrogens is 1. The molecule has 1 aromatic heterocycles. The van der Waals surface area contributed by atoms with Gasteiger partial charge in [0, 0.05) is 18.1 Å². The molecule has 10 heteroatoms. The van der Waals surface area contributed by atoms with Crippen molar-refractivity contribution >= 4 is 54.2 Å². The van der Waals surface area contributed by atoms with E-state index in [1.54, 1.807) is 46.8 Å². The molecule has 1 N–H and O–H groups in total. The van der Waals surface area contributed by atoms with E-state index in [-0.39, 0.29) is 17.4 Å². The number of halogens is 1. The molecule has 0 fully saturated rings. The van der Waals surface area contributed by atoms with E-state index in [4.69, 9.17) is 16.3 Å². The van der Waals surface area contributed by atoms with Gasteiger partial charge in [-0.1, -0.05) is 49.6 Å². The number of fused-ring (bicyclic) bond motifs is 1. The van der Waals surface area contributed by atoms with Gasteiger partial charge >= 0.3 is 0 Å². The molecule has 3 aromatic rings. The summed E-state index contributed by atoms with van der Waals surface area (Å²) in [5, 5.41) is 3.68. The lowest BCUT2D eigenvalue weighted by atomic mass is 10.3. The van der Waals surface area contributed by atoms with Gasteiger partial charge in [-0.3, -0.25) is 10.1 Å². The summed E-state index contributed by atoms with van der Waals surface area (Å²) in [7, 11) is -3.60. The van der Waals surface area contributed by atoms with Crippen LogP contribution in [0.4, 0.5) is 5.13 Å². The second kappa shape index (κ2) is 11.8. The number of sulfonamides is 1. The van der Waals surface area contributed by atoms with Crippen LogP contribution in [0.5, 0.6) is 5.75 Å². The Morgan fingerprint density at radius 1 is 1.09 bits per heavy atom. The molecule has 0 aliphatic rings. The number of rotatable bonds is 12. The lowest BCUT2D eigenvalue weighted by molar-refractivity contribution is -0.118.